The molecule has 0 aliphatic rings. The van der Waals surface area contributed by atoms with Crippen LogP contribution in [-0.4, -0.2) is 5.34 Å². The first kappa shape index (κ1) is 14.9. The van der Waals surface area contributed by atoms with Crippen LogP contribution in [-0.2, 0) is 0 Å². The molecule has 0 amide bonds. The van der Waals surface area contributed by atoms with Crippen LogP contribution in [0.5, 0.6) is 11.5 Å². The van der Waals surface area contributed by atoms with Gasteiger partial charge in [-0.2, -0.15) is 0 Å². The van der Waals surface area contributed by atoms with Gasteiger partial charge in [0, 0.05) is 0 Å². The topological polar surface area (TPSA) is 18.5 Å². The lowest BCUT2D eigenvalue weighted by atomic mass is 10.2. The molecule has 0 fully saturated rings. The molecular formula is C17H21O2P. The Kier molecular flexibility index (Phi) is 5.43. The van der Waals surface area contributed by atoms with Crippen molar-refractivity contribution in [2.24, 2.45) is 0 Å². The molecular weight excluding hydrogens is 267 g/mol. The van der Waals surface area contributed by atoms with Crippen LogP contribution in [0.15, 0.2) is 60.7 Å². The molecule has 0 N–H and O–H groups in total. The summed E-state index contributed by atoms with van der Waals surface area (Å²) < 4.78 is 12.1. The maximum Gasteiger partial charge on any atom is 0.160 e. The molecule has 1 unspecified atom stereocenters. The van der Waals surface area contributed by atoms with Crippen molar-refractivity contribution in [2.45, 2.75) is 32.0 Å². The fourth-order valence-electron chi connectivity index (χ4n) is 1.91. The molecule has 20 heavy (non-hydrogen) atoms. The van der Waals surface area contributed by atoms with Crippen molar-refractivity contribution in [3.63, 3.8) is 0 Å². The van der Waals surface area contributed by atoms with Gasteiger partial charge in [0.2, 0.25) is 0 Å². The maximum atomic E-state index is 6.21. The monoisotopic (exact) mass is 288 g/mol. The molecule has 2 rings (SSSR count). The van der Waals surface area contributed by atoms with E-state index in [4.69, 9.17) is 9.26 Å². The molecule has 0 aromatic heterocycles. The van der Waals surface area contributed by atoms with Gasteiger partial charge in [0.15, 0.2) is 5.34 Å². The first-order valence-corrected chi connectivity index (χ1v) is 7.92. The van der Waals surface area contributed by atoms with Crippen LogP contribution >= 0.6 is 8.81 Å². The summed E-state index contributed by atoms with van der Waals surface area (Å²) in [6.45, 7) is 4.29. The molecule has 1 atom stereocenters. The van der Waals surface area contributed by atoms with E-state index >= 15 is 0 Å². The third-order valence-corrected chi connectivity index (χ3v) is 4.82. The van der Waals surface area contributed by atoms with E-state index in [0.717, 1.165) is 24.3 Å². The van der Waals surface area contributed by atoms with Gasteiger partial charge in [-0.25, -0.2) is 0 Å². The molecule has 0 heterocycles. The van der Waals surface area contributed by atoms with E-state index in [1.54, 1.807) is 0 Å². The van der Waals surface area contributed by atoms with Crippen molar-refractivity contribution in [1.82, 2.24) is 0 Å². The van der Waals surface area contributed by atoms with Crippen molar-refractivity contribution in [3.05, 3.63) is 60.7 Å². The summed E-state index contributed by atoms with van der Waals surface area (Å²) in [6.07, 6.45) is 1.84. The molecule has 0 saturated carbocycles. The van der Waals surface area contributed by atoms with Crippen molar-refractivity contribution in [3.8, 4) is 11.5 Å². The lowest BCUT2D eigenvalue weighted by Crippen LogP contribution is -2.30. The van der Waals surface area contributed by atoms with Gasteiger partial charge in [-0.15, -0.1) is 0 Å². The molecule has 0 aliphatic heterocycles. The average Bonchev–Trinajstić information content (AvgIpc) is 2.53. The van der Waals surface area contributed by atoms with Crippen LogP contribution in [0.3, 0.4) is 0 Å². The normalized spacial score (nSPS) is 11.7. The largest absolute Gasteiger partial charge is 0.480 e. The molecule has 0 bridgehead atoms. The molecule has 2 aromatic rings. The first-order chi connectivity index (χ1) is 9.78. The van der Waals surface area contributed by atoms with Gasteiger partial charge in [-0.1, -0.05) is 50.2 Å². The van der Waals surface area contributed by atoms with Crippen molar-refractivity contribution in [1.29, 1.82) is 0 Å². The second kappa shape index (κ2) is 7.31. The summed E-state index contributed by atoms with van der Waals surface area (Å²) in [5.74, 6) is 1.80. The molecule has 2 nitrogen and oxygen atoms in total. The molecule has 3 heteroatoms. The van der Waals surface area contributed by atoms with Gasteiger partial charge in [0.25, 0.3) is 0 Å². The maximum absolute atomic E-state index is 6.21. The van der Waals surface area contributed by atoms with Gasteiger partial charge in [0.05, 0.1) is 0 Å². The number of para-hydroxylation sites is 2. The second-order valence-corrected chi connectivity index (χ2v) is 5.95. The number of ether oxygens (including phenoxy) is 1. The Hall–Kier alpha value is -1.53. The summed E-state index contributed by atoms with van der Waals surface area (Å²) in [7, 11) is 0.274. The fourth-order valence-corrected chi connectivity index (χ4v) is 2.80. The summed E-state index contributed by atoms with van der Waals surface area (Å²) >= 11 is 0. The molecule has 0 radical (unpaired) electrons. The number of hydrogen-bond donors (Lipinski definition) is 0. The fraction of sp³-hybridized carbons (Fsp3) is 0.294. The van der Waals surface area contributed by atoms with Crippen LogP contribution < -0.4 is 9.26 Å². The lowest BCUT2D eigenvalue weighted by Gasteiger charge is -2.31. The summed E-state index contributed by atoms with van der Waals surface area (Å²) in [6, 6.07) is 19.9. The first-order valence-electron chi connectivity index (χ1n) is 7.01. The van der Waals surface area contributed by atoms with Crippen LogP contribution in [0.25, 0.3) is 0 Å². The SMILES string of the molecule is CCC(CC)(Oc1ccccc1)POc1ccccc1. The number of benzene rings is 2. The highest BCUT2D eigenvalue weighted by Gasteiger charge is 2.30. The van der Waals surface area contributed by atoms with Gasteiger partial charge in [-0.05, 0) is 37.1 Å². The highest BCUT2D eigenvalue weighted by molar-refractivity contribution is 7.34. The zero-order chi connectivity index (χ0) is 14.3. The van der Waals surface area contributed by atoms with Crippen LogP contribution in [0.1, 0.15) is 26.7 Å². The van der Waals surface area contributed by atoms with Crippen molar-refractivity contribution in [2.75, 3.05) is 0 Å². The predicted octanol–water partition coefficient (Wildman–Crippen LogP) is 5.25. The average molecular weight is 288 g/mol. The van der Waals surface area contributed by atoms with Crippen molar-refractivity contribution < 1.29 is 9.26 Å². The third-order valence-electron chi connectivity index (χ3n) is 3.30. The Morgan fingerprint density at radius 2 is 1.30 bits per heavy atom. The minimum absolute atomic E-state index is 0.253. The van der Waals surface area contributed by atoms with Gasteiger partial charge >= 0.3 is 0 Å². The number of hydrogen-bond acceptors (Lipinski definition) is 2. The Bertz CT molecular complexity index is 495. The van der Waals surface area contributed by atoms with Gasteiger partial charge in [-0.3, -0.25) is 0 Å². The van der Waals surface area contributed by atoms with Crippen molar-refractivity contribution >= 4 is 8.81 Å². The highest BCUT2D eigenvalue weighted by atomic mass is 31.1. The molecule has 0 saturated heterocycles. The zero-order valence-electron chi connectivity index (χ0n) is 12.0. The Morgan fingerprint density at radius 3 is 1.80 bits per heavy atom. The molecule has 2 aromatic carbocycles. The summed E-state index contributed by atoms with van der Waals surface area (Å²) in [5.41, 5.74) is 0. The number of rotatable bonds is 7. The van der Waals surface area contributed by atoms with E-state index in [2.05, 4.69) is 13.8 Å². The predicted molar refractivity (Wildman–Crippen MR) is 85.8 cm³/mol. The minimum Gasteiger partial charge on any atom is -0.480 e. The Labute approximate surface area is 123 Å². The van der Waals surface area contributed by atoms with Crippen LogP contribution in [0, 0.1) is 0 Å². The molecule has 106 valence electrons. The Morgan fingerprint density at radius 1 is 0.800 bits per heavy atom. The molecule has 0 aliphatic carbocycles. The summed E-state index contributed by atoms with van der Waals surface area (Å²) in [4.78, 5) is 0. The van der Waals surface area contributed by atoms with E-state index < -0.39 is 0 Å². The quantitative estimate of drug-likeness (QED) is 0.647. The standard InChI is InChI=1S/C17H21O2P/c1-3-17(4-2,18-15-11-7-5-8-12-15)20-19-16-13-9-6-10-14-16/h5-14,20H,3-4H2,1-2H3. The van der Waals surface area contributed by atoms with Gasteiger partial charge < -0.3 is 9.26 Å². The van der Waals surface area contributed by atoms with E-state index in [9.17, 15) is 0 Å². The van der Waals surface area contributed by atoms with Crippen LogP contribution in [0.4, 0.5) is 0 Å². The second-order valence-electron chi connectivity index (χ2n) is 4.63. The third kappa shape index (κ3) is 3.98. The smallest absolute Gasteiger partial charge is 0.160 e. The summed E-state index contributed by atoms with van der Waals surface area (Å²) in [5, 5.41) is -0.253. The van der Waals surface area contributed by atoms with E-state index in [1.165, 1.54) is 0 Å². The van der Waals surface area contributed by atoms with E-state index in [0.29, 0.717) is 0 Å². The van der Waals surface area contributed by atoms with E-state index in [-0.39, 0.29) is 14.1 Å². The highest BCUT2D eigenvalue weighted by Crippen LogP contribution is 2.41. The zero-order valence-corrected chi connectivity index (χ0v) is 13.0. The van der Waals surface area contributed by atoms with E-state index in [1.807, 2.05) is 60.7 Å². The Balaban J connectivity index is 2.05. The molecule has 0 spiro atoms. The minimum atomic E-state index is -0.253. The van der Waals surface area contributed by atoms with Gasteiger partial charge in [0.1, 0.15) is 20.3 Å². The lowest BCUT2D eigenvalue weighted by molar-refractivity contribution is 0.145. The van der Waals surface area contributed by atoms with Crippen LogP contribution in [0.2, 0.25) is 0 Å².